The number of hydrogen-bond acceptors (Lipinski definition) is 6. The first-order valence-corrected chi connectivity index (χ1v) is 12.4. The number of thiophene rings is 1. The van der Waals surface area contributed by atoms with E-state index < -0.39 is 17.8 Å². The van der Waals surface area contributed by atoms with Gasteiger partial charge in [0.2, 0.25) is 5.91 Å². The molecule has 4 rings (SSSR count). The van der Waals surface area contributed by atoms with Crippen LogP contribution in [0.4, 0.5) is 13.2 Å². The van der Waals surface area contributed by atoms with Gasteiger partial charge in [-0.3, -0.25) is 9.48 Å². The molecule has 0 saturated heterocycles. The lowest BCUT2D eigenvalue weighted by Gasteiger charge is -2.33. The minimum absolute atomic E-state index is 0.146. The van der Waals surface area contributed by atoms with E-state index in [2.05, 4.69) is 11.2 Å². The molecule has 0 fully saturated rings. The third kappa shape index (κ3) is 5.55. The van der Waals surface area contributed by atoms with Crippen LogP contribution in [-0.4, -0.2) is 57.8 Å². The molecule has 0 bridgehead atoms. The van der Waals surface area contributed by atoms with Crippen LogP contribution >= 0.6 is 11.3 Å². The zero-order chi connectivity index (χ0) is 26.9. The second kappa shape index (κ2) is 10.4. The number of alkyl halides is 3. The minimum atomic E-state index is -4.70. The Morgan fingerprint density at radius 3 is 2.70 bits per heavy atom. The van der Waals surface area contributed by atoms with Crippen LogP contribution < -0.4 is 0 Å². The average Bonchev–Trinajstić information content (AvgIpc) is 3.47. The van der Waals surface area contributed by atoms with E-state index in [4.69, 9.17) is 0 Å². The maximum absolute atomic E-state index is 14.0. The van der Waals surface area contributed by atoms with Crippen molar-refractivity contribution in [2.75, 3.05) is 27.2 Å². The fraction of sp³-hybridized carbons (Fsp3) is 0.346. The number of aromatic hydroxyl groups is 1. The number of likely N-dealkylation sites (N-methyl/N-ethyl adjacent to an activating group) is 1. The number of carbonyl (C=O) groups excluding carboxylic acids is 1. The number of halogens is 3. The smallest absolute Gasteiger partial charge is 0.435 e. The predicted molar refractivity (Wildman–Crippen MR) is 134 cm³/mol. The van der Waals surface area contributed by atoms with E-state index >= 15 is 0 Å². The number of hydrogen-bond donors (Lipinski definition) is 1. The largest absolute Gasteiger partial charge is 0.508 e. The third-order valence-electron chi connectivity index (χ3n) is 6.16. The van der Waals surface area contributed by atoms with Crippen molar-refractivity contribution in [3.05, 3.63) is 69.2 Å². The van der Waals surface area contributed by atoms with Gasteiger partial charge in [0.15, 0.2) is 5.69 Å². The van der Waals surface area contributed by atoms with Gasteiger partial charge in [-0.05, 0) is 55.9 Å². The summed E-state index contributed by atoms with van der Waals surface area (Å²) in [5, 5.41) is 23.5. The molecule has 0 spiro atoms. The van der Waals surface area contributed by atoms with Crippen LogP contribution in [0.2, 0.25) is 0 Å². The molecule has 194 valence electrons. The molecule has 37 heavy (non-hydrogen) atoms. The summed E-state index contributed by atoms with van der Waals surface area (Å²) in [7, 11) is 3.77. The van der Waals surface area contributed by atoms with Gasteiger partial charge in [0.1, 0.15) is 16.7 Å². The first-order valence-electron chi connectivity index (χ1n) is 11.6. The number of fused-ring (bicyclic) bond motifs is 1. The van der Waals surface area contributed by atoms with Gasteiger partial charge in [0, 0.05) is 48.3 Å². The summed E-state index contributed by atoms with van der Waals surface area (Å²) >= 11 is 1.27. The molecule has 1 aliphatic heterocycles. The highest BCUT2D eigenvalue weighted by Gasteiger charge is 2.39. The summed E-state index contributed by atoms with van der Waals surface area (Å²) in [4.78, 5) is 17.9. The van der Waals surface area contributed by atoms with E-state index in [1.54, 1.807) is 30.0 Å². The summed E-state index contributed by atoms with van der Waals surface area (Å²) in [6, 6.07) is 8.19. The van der Waals surface area contributed by atoms with E-state index in [0.717, 1.165) is 10.4 Å². The second-order valence-corrected chi connectivity index (χ2v) is 10.2. The summed E-state index contributed by atoms with van der Waals surface area (Å²) in [6.45, 7) is 3.02. The zero-order valence-electron chi connectivity index (χ0n) is 20.6. The Kier molecular flexibility index (Phi) is 7.43. The summed E-state index contributed by atoms with van der Waals surface area (Å²) < 4.78 is 43.1. The van der Waals surface area contributed by atoms with Crippen LogP contribution in [0.1, 0.15) is 39.4 Å². The number of benzene rings is 1. The van der Waals surface area contributed by atoms with Crippen molar-refractivity contribution < 1.29 is 23.1 Å². The van der Waals surface area contributed by atoms with Crippen molar-refractivity contribution >= 4 is 17.2 Å². The molecule has 1 aliphatic rings. The van der Waals surface area contributed by atoms with Gasteiger partial charge in [0.25, 0.3) is 0 Å². The Balaban J connectivity index is 1.85. The lowest BCUT2D eigenvalue weighted by Crippen LogP contribution is -2.37. The first kappa shape index (κ1) is 26.4. The molecule has 3 heterocycles. The number of phenolic OH excluding ortho intramolecular Hbond substituents is 1. The molecule has 0 radical (unpaired) electrons. The molecule has 1 unspecified atom stereocenters. The van der Waals surface area contributed by atoms with Gasteiger partial charge in [-0.2, -0.15) is 23.5 Å². The molecule has 1 amide bonds. The van der Waals surface area contributed by atoms with Crippen LogP contribution in [0.25, 0.3) is 11.1 Å². The Hall–Kier alpha value is -3.62. The van der Waals surface area contributed by atoms with Gasteiger partial charge >= 0.3 is 6.18 Å². The van der Waals surface area contributed by atoms with Crippen molar-refractivity contribution in [3.63, 3.8) is 0 Å². The normalized spacial score (nSPS) is 15.8. The zero-order valence-corrected chi connectivity index (χ0v) is 21.4. The summed E-state index contributed by atoms with van der Waals surface area (Å²) in [5.41, 5.74) is 0.306. The Morgan fingerprint density at radius 2 is 2.05 bits per heavy atom. The number of phenols is 1. The molecular formula is C26H26F3N5O2S. The summed E-state index contributed by atoms with van der Waals surface area (Å²) in [5.74, 6) is -0.913. The van der Waals surface area contributed by atoms with Crippen LogP contribution in [0.5, 0.6) is 5.75 Å². The van der Waals surface area contributed by atoms with Crippen molar-refractivity contribution in [2.45, 2.75) is 32.1 Å². The van der Waals surface area contributed by atoms with Gasteiger partial charge in [-0.15, -0.1) is 11.3 Å². The molecule has 0 aliphatic carbocycles. The summed E-state index contributed by atoms with van der Waals surface area (Å²) in [6.07, 6.45) is -0.133. The molecule has 2 aromatic heterocycles. The SMILES string of the molecule is CCn1cc(-c2cc(O)ccc2C2CN(C(=O)/C=C/CN(C)C)Cc3sc(C#N)cc32)c(C(F)(F)F)n1. The van der Waals surface area contributed by atoms with Gasteiger partial charge in [-0.25, -0.2) is 0 Å². The Morgan fingerprint density at radius 1 is 1.30 bits per heavy atom. The molecule has 7 nitrogen and oxygen atoms in total. The molecule has 0 saturated carbocycles. The van der Waals surface area contributed by atoms with E-state index in [9.17, 15) is 28.3 Å². The predicted octanol–water partition coefficient (Wildman–Crippen LogP) is 4.82. The number of aryl methyl sites for hydroxylation is 1. The van der Waals surface area contributed by atoms with Gasteiger partial charge in [0.05, 0.1) is 6.54 Å². The van der Waals surface area contributed by atoms with Crippen LogP contribution in [0.15, 0.2) is 42.6 Å². The average molecular weight is 530 g/mol. The monoisotopic (exact) mass is 529 g/mol. The van der Waals surface area contributed by atoms with Crippen molar-refractivity contribution in [3.8, 4) is 22.9 Å². The number of nitriles is 1. The molecular weight excluding hydrogens is 503 g/mol. The van der Waals surface area contributed by atoms with E-state index in [-0.39, 0.29) is 35.9 Å². The number of aromatic nitrogens is 2. The highest BCUT2D eigenvalue weighted by molar-refractivity contribution is 7.12. The highest BCUT2D eigenvalue weighted by Crippen LogP contribution is 2.45. The number of carbonyl (C=O) groups is 1. The van der Waals surface area contributed by atoms with Crippen molar-refractivity contribution in [1.29, 1.82) is 5.26 Å². The van der Waals surface area contributed by atoms with E-state index in [1.165, 1.54) is 40.4 Å². The number of rotatable bonds is 6. The maximum Gasteiger partial charge on any atom is 0.435 e. The van der Waals surface area contributed by atoms with E-state index in [1.807, 2.05) is 19.0 Å². The highest BCUT2D eigenvalue weighted by atomic mass is 32.1. The fourth-order valence-electron chi connectivity index (χ4n) is 4.45. The van der Waals surface area contributed by atoms with Crippen LogP contribution in [-0.2, 0) is 24.1 Å². The van der Waals surface area contributed by atoms with Gasteiger partial charge in [-0.1, -0.05) is 12.1 Å². The fourth-order valence-corrected chi connectivity index (χ4v) is 5.48. The molecule has 3 aromatic rings. The lowest BCUT2D eigenvalue weighted by atomic mass is 9.83. The molecule has 1 atom stereocenters. The topological polar surface area (TPSA) is 85.4 Å². The third-order valence-corrected chi connectivity index (χ3v) is 7.20. The second-order valence-electron chi connectivity index (χ2n) is 9.05. The Bertz CT molecular complexity index is 1380. The van der Waals surface area contributed by atoms with E-state index in [0.29, 0.717) is 23.5 Å². The van der Waals surface area contributed by atoms with Crippen LogP contribution in [0.3, 0.4) is 0 Å². The Labute approximate surface area is 216 Å². The number of nitrogens with zero attached hydrogens (tertiary/aromatic N) is 5. The number of amides is 1. The minimum Gasteiger partial charge on any atom is -0.508 e. The lowest BCUT2D eigenvalue weighted by molar-refractivity contribution is -0.141. The van der Waals surface area contributed by atoms with Gasteiger partial charge < -0.3 is 14.9 Å². The maximum atomic E-state index is 14.0. The standard InChI is InChI=1S/C26H26F3N5O2S/c1-4-34-14-22(25(31-34)26(27,28)29)19-10-16(35)7-8-18(19)21-13-33(24(36)6-5-9-32(2)3)15-23-20(21)11-17(12-30)37-23/h5-8,10-11,14,21,35H,4,9,13,15H2,1-3H3/b6-5+. The molecule has 1 aromatic carbocycles. The van der Waals surface area contributed by atoms with Crippen molar-refractivity contribution in [2.24, 2.45) is 0 Å². The molecule has 1 N–H and O–H groups in total. The first-order chi connectivity index (χ1) is 17.5. The quantitative estimate of drug-likeness (QED) is 0.463. The molecule has 11 heteroatoms. The van der Waals surface area contributed by atoms with Crippen LogP contribution in [0, 0.1) is 11.3 Å². The van der Waals surface area contributed by atoms with Crippen molar-refractivity contribution in [1.82, 2.24) is 19.6 Å².